The SMILES string of the molecule is COc1ncc(N)cc1C1CCN1. The van der Waals surface area contributed by atoms with Gasteiger partial charge in [-0.3, -0.25) is 0 Å². The number of nitrogens with zero attached hydrogens (tertiary/aromatic N) is 1. The molecule has 2 rings (SSSR count). The Labute approximate surface area is 77.1 Å². The van der Waals surface area contributed by atoms with Gasteiger partial charge >= 0.3 is 0 Å². The maximum absolute atomic E-state index is 5.65. The molecule has 0 bridgehead atoms. The van der Waals surface area contributed by atoms with E-state index in [4.69, 9.17) is 10.5 Å². The van der Waals surface area contributed by atoms with Crippen LogP contribution in [0.4, 0.5) is 5.69 Å². The van der Waals surface area contributed by atoms with Crippen LogP contribution >= 0.6 is 0 Å². The Bertz CT molecular complexity index is 310. The summed E-state index contributed by atoms with van der Waals surface area (Å²) in [6, 6.07) is 2.29. The normalized spacial score (nSPS) is 20.8. The number of aromatic nitrogens is 1. The molecule has 1 saturated heterocycles. The number of methoxy groups -OCH3 is 1. The topological polar surface area (TPSA) is 60.2 Å². The summed E-state index contributed by atoms with van der Waals surface area (Å²) in [5.74, 6) is 0.673. The Hall–Kier alpha value is -1.29. The standard InChI is InChI=1S/C9H13N3O/c1-13-9-7(8-2-3-11-8)4-6(10)5-12-9/h4-5,8,11H,2-3,10H2,1H3. The van der Waals surface area contributed by atoms with E-state index in [1.54, 1.807) is 13.3 Å². The van der Waals surface area contributed by atoms with Crippen molar-refractivity contribution in [2.45, 2.75) is 12.5 Å². The minimum Gasteiger partial charge on any atom is -0.481 e. The number of ether oxygens (including phenoxy) is 1. The van der Waals surface area contributed by atoms with Gasteiger partial charge < -0.3 is 15.8 Å². The Kier molecular flexibility index (Phi) is 2.06. The van der Waals surface area contributed by atoms with Gasteiger partial charge in [0.1, 0.15) is 0 Å². The fraction of sp³-hybridized carbons (Fsp3) is 0.444. The molecule has 0 radical (unpaired) electrons. The van der Waals surface area contributed by atoms with Gasteiger partial charge in [0.05, 0.1) is 19.0 Å². The highest BCUT2D eigenvalue weighted by atomic mass is 16.5. The van der Waals surface area contributed by atoms with Gasteiger partial charge in [0.25, 0.3) is 0 Å². The molecule has 1 aromatic heterocycles. The number of anilines is 1. The number of nitrogen functional groups attached to an aromatic ring is 1. The highest BCUT2D eigenvalue weighted by Gasteiger charge is 2.22. The second-order valence-corrected chi connectivity index (χ2v) is 3.16. The molecule has 1 atom stereocenters. The third-order valence-corrected chi connectivity index (χ3v) is 2.29. The summed E-state index contributed by atoms with van der Waals surface area (Å²) in [6.07, 6.45) is 2.74. The van der Waals surface area contributed by atoms with Gasteiger partial charge in [-0.15, -0.1) is 0 Å². The van der Waals surface area contributed by atoms with Crippen molar-refractivity contribution in [3.63, 3.8) is 0 Å². The molecule has 1 aliphatic heterocycles. The molecule has 1 aromatic rings. The van der Waals surface area contributed by atoms with Gasteiger partial charge in [0.15, 0.2) is 0 Å². The minimum atomic E-state index is 0.367. The van der Waals surface area contributed by atoms with Crippen molar-refractivity contribution in [1.82, 2.24) is 10.3 Å². The van der Waals surface area contributed by atoms with Gasteiger partial charge in [0, 0.05) is 11.6 Å². The van der Waals surface area contributed by atoms with E-state index in [0.717, 1.165) is 18.5 Å². The van der Waals surface area contributed by atoms with Crippen molar-refractivity contribution in [3.05, 3.63) is 17.8 Å². The zero-order valence-corrected chi connectivity index (χ0v) is 7.58. The van der Waals surface area contributed by atoms with E-state index in [-0.39, 0.29) is 0 Å². The van der Waals surface area contributed by atoms with Crippen molar-refractivity contribution in [2.75, 3.05) is 19.4 Å². The van der Waals surface area contributed by atoms with Crippen LogP contribution in [0.2, 0.25) is 0 Å². The third-order valence-electron chi connectivity index (χ3n) is 2.29. The van der Waals surface area contributed by atoms with Crippen LogP contribution in [-0.4, -0.2) is 18.6 Å². The maximum atomic E-state index is 5.65. The predicted octanol–water partition coefficient (Wildman–Crippen LogP) is 0.707. The number of hydrogen-bond acceptors (Lipinski definition) is 4. The first-order valence-corrected chi connectivity index (χ1v) is 4.34. The molecule has 1 aliphatic rings. The van der Waals surface area contributed by atoms with Gasteiger partial charge in [-0.25, -0.2) is 4.98 Å². The Morgan fingerprint density at radius 2 is 2.46 bits per heavy atom. The number of pyridine rings is 1. The largest absolute Gasteiger partial charge is 0.481 e. The molecule has 0 aromatic carbocycles. The average molecular weight is 179 g/mol. The van der Waals surface area contributed by atoms with E-state index in [0.29, 0.717) is 17.6 Å². The number of hydrogen-bond donors (Lipinski definition) is 2. The summed E-state index contributed by atoms with van der Waals surface area (Å²) >= 11 is 0. The molecule has 0 amide bonds. The molecule has 0 spiro atoms. The van der Waals surface area contributed by atoms with E-state index in [1.807, 2.05) is 6.07 Å². The average Bonchev–Trinajstić information content (AvgIpc) is 2.02. The van der Waals surface area contributed by atoms with Crippen LogP contribution in [0.1, 0.15) is 18.0 Å². The molecule has 4 nitrogen and oxygen atoms in total. The second-order valence-electron chi connectivity index (χ2n) is 3.16. The van der Waals surface area contributed by atoms with Crippen LogP contribution in [0, 0.1) is 0 Å². The number of nitrogens with two attached hydrogens (primary N) is 1. The van der Waals surface area contributed by atoms with Gasteiger partial charge in [0.2, 0.25) is 5.88 Å². The van der Waals surface area contributed by atoms with Crippen molar-refractivity contribution in [3.8, 4) is 5.88 Å². The van der Waals surface area contributed by atoms with Crippen LogP contribution in [0.3, 0.4) is 0 Å². The monoisotopic (exact) mass is 179 g/mol. The lowest BCUT2D eigenvalue weighted by molar-refractivity contribution is 0.345. The smallest absolute Gasteiger partial charge is 0.217 e. The third kappa shape index (κ3) is 1.45. The van der Waals surface area contributed by atoms with Gasteiger partial charge in [-0.05, 0) is 19.0 Å². The zero-order valence-electron chi connectivity index (χ0n) is 7.58. The predicted molar refractivity (Wildman–Crippen MR) is 50.6 cm³/mol. The summed E-state index contributed by atoms with van der Waals surface area (Å²) in [5, 5.41) is 3.29. The summed E-state index contributed by atoms with van der Waals surface area (Å²) < 4.78 is 5.15. The van der Waals surface area contributed by atoms with Crippen molar-refractivity contribution in [1.29, 1.82) is 0 Å². The maximum Gasteiger partial charge on any atom is 0.217 e. The Morgan fingerprint density at radius 3 is 3.00 bits per heavy atom. The fourth-order valence-corrected chi connectivity index (χ4v) is 1.46. The first-order chi connectivity index (χ1) is 6.31. The Balaban J connectivity index is 2.33. The first-order valence-electron chi connectivity index (χ1n) is 4.34. The van der Waals surface area contributed by atoms with E-state index >= 15 is 0 Å². The zero-order chi connectivity index (χ0) is 9.26. The van der Waals surface area contributed by atoms with E-state index in [1.165, 1.54) is 0 Å². The summed E-state index contributed by atoms with van der Waals surface area (Å²) in [5.41, 5.74) is 7.40. The highest BCUT2D eigenvalue weighted by Crippen LogP contribution is 2.30. The van der Waals surface area contributed by atoms with Crippen molar-refractivity contribution in [2.24, 2.45) is 0 Å². The second kappa shape index (κ2) is 3.22. The highest BCUT2D eigenvalue weighted by molar-refractivity contribution is 5.44. The minimum absolute atomic E-state index is 0.367. The quantitative estimate of drug-likeness (QED) is 0.701. The molecule has 0 saturated carbocycles. The van der Waals surface area contributed by atoms with Gasteiger partial charge in [-0.1, -0.05) is 0 Å². The summed E-state index contributed by atoms with van der Waals surface area (Å²) in [4.78, 5) is 4.11. The number of rotatable bonds is 2. The molecular weight excluding hydrogens is 166 g/mol. The number of nitrogens with one attached hydrogen (secondary N) is 1. The molecular formula is C9H13N3O. The summed E-state index contributed by atoms with van der Waals surface area (Å²) in [7, 11) is 1.63. The van der Waals surface area contributed by atoms with Crippen molar-refractivity contribution < 1.29 is 4.74 Å². The molecule has 2 heterocycles. The van der Waals surface area contributed by atoms with Crippen molar-refractivity contribution >= 4 is 5.69 Å². The van der Waals surface area contributed by atoms with E-state index < -0.39 is 0 Å². The van der Waals surface area contributed by atoms with Crippen LogP contribution < -0.4 is 15.8 Å². The lowest BCUT2D eigenvalue weighted by Gasteiger charge is -2.28. The van der Waals surface area contributed by atoms with E-state index in [9.17, 15) is 0 Å². The fourth-order valence-electron chi connectivity index (χ4n) is 1.46. The molecule has 0 aliphatic carbocycles. The summed E-state index contributed by atoms with van der Waals surface area (Å²) in [6.45, 7) is 1.06. The molecule has 4 heteroatoms. The Morgan fingerprint density at radius 1 is 1.69 bits per heavy atom. The first kappa shape index (κ1) is 8.31. The molecule has 1 unspecified atom stereocenters. The van der Waals surface area contributed by atoms with Crippen LogP contribution in [0.5, 0.6) is 5.88 Å². The molecule has 70 valence electrons. The lowest BCUT2D eigenvalue weighted by Crippen LogP contribution is -2.35. The van der Waals surface area contributed by atoms with Crippen LogP contribution in [-0.2, 0) is 0 Å². The lowest BCUT2D eigenvalue weighted by atomic mass is 9.99. The molecule has 1 fully saturated rings. The molecule has 3 N–H and O–H groups in total. The molecule has 13 heavy (non-hydrogen) atoms. The van der Waals surface area contributed by atoms with E-state index in [2.05, 4.69) is 10.3 Å². The van der Waals surface area contributed by atoms with Gasteiger partial charge in [-0.2, -0.15) is 0 Å². The van der Waals surface area contributed by atoms with Crippen LogP contribution in [0.25, 0.3) is 0 Å². The van der Waals surface area contributed by atoms with Crippen LogP contribution in [0.15, 0.2) is 12.3 Å².